The summed E-state index contributed by atoms with van der Waals surface area (Å²) in [6.07, 6.45) is 2.33. The molecule has 0 atom stereocenters. The van der Waals surface area contributed by atoms with Crippen LogP contribution in [0.1, 0.15) is 16.9 Å². The zero-order chi connectivity index (χ0) is 22.8. The minimum absolute atomic E-state index is 0.229. The lowest BCUT2D eigenvalue weighted by Crippen LogP contribution is -2.44. The molecule has 5 rings (SSSR count). The molecule has 166 valence electrons. The normalized spacial score (nSPS) is 17.0. The van der Waals surface area contributed by atoms with E-state index in [9.17, 15) is 14.4 Å². The molecular formula is C25H20N2O4S2. The second-order valence-corrected chi connectivity index (χ2v) is 9.74. The molecule has 0 saturated carbocycles. The third-order valence-corrected chi connectivity index (χ3v) is 7.32. The van der Waals surface area contributed by atoms with Gasteiger partial charge < -0.3 is 9.32 Å². The molecule has 0 bridgehead atoms. The van der Waals surface area contributed by atoms with Crippen LogP contribution in [0.15, 0.2) is 86.0 Å². The van der Waals surface area contributed by atoms with Crippen LogP contribution in [0.25, 0.3) is 6.08 Å². The minimum atomic E-state index is -0.468. The van der Waals surface area contributed by atoms with Crippen molar-refractivity contribution in [1.82, 2.24) is 9.80 Å². The molecule has 33 heavy (non-hydrogen) atoms. The largest absolute Gasteiger partial charge is 0.450 e. The maximum atomic E-state index is 12.8. The van der Waals surface area contributed by atoms with Gasteiger partial charge in [0.15, 0.2) is 5.09 Å². The first-order chi connectivity index (χ1) is 16.1. The highest BCUT2D eigenvalue weighted by atomic mass is 32.2. The third-order valence-electron chi connectivity index (χ3n) is 5.49. The fourth-order valence-corrected chi connectivity index (χ4v) is 5.40. The molecule has 3 amide bonds. The number of amides is 3. The van der Waals surface area contributed by atoms with E-state index < -0.39 is 11.1 Å². The Morgan fingerprint density at radius 1 is 1.00 bits per heavy atom. The van der Waals surface area contributed by atoms with E-state index in [1.165, 1.54) is 17.3 Å². The molecule has 0 N–H and O–H groups in total. The Balaban J connectivity index is 1.24. The van der Waals surface area contributed by atoms with Gasteiger partial charge in [0.1, 0.15) is 12.3 Å². The summed E-state index contributed by atoms with van der Waals surface area (Å²) in [5, 5.41) is 0.245. The number of benzene rings is 2. The third kappa shape index (κ3) is 4.77. The van der Waals surface area contributed by atoms with E-state index in [0.29, 0.717) is 23.9 Å². The first kappa shape index (κ1) is 21.6. The first-order valence-corrected chi connectivity index (χ1v) is 12.1. The lowest BCUT2D eigenvalue weighted by Gasteiger charge is -2.29. The van der Waals surface area contributed by atoms with E-state index in [-0.39, 0.29) is 17.4 Å². The first-order valence-electron chi connectivity index (χ1n) is 10.5. The Labute approximate surface area is 199 Å². The number of thioether (sulfide) groups is 1. The maximum Gasteiger partial charge on any atom is 0.294 e. The highest BCUT2D eigenvalue weighted by Gasteiger charge is 2.37. The van der Waals surface area contributed by atoms with Crippen molar-refractivity contribution in [2.75, 3.05) is 13.1 Å². The van der Waals surface area contributed by atoms with E-state index in [1.807, 2.05) is 54.6 Å². The second-order valence-electron chi connectivity index (χ2n) is 7.67. The van der Waals surface area contributed by atoms with Crippen LogP contribution in [0.4, 0.5) is 4.79 Å². The fourth-order valence-electron chi connectivity index (χ4n) is 3.78. The molecule has 0 aliphatic carbocycles. The van der Waals surface area contributed by atoms with Crippen LogP contribution < -0.4 is 0 Å². The van der Waals surface area contributed by atoms with E-state index in [0.717, 1.165) is 33.5 Å². The van der Waals surface area contributed by atoms with Gasteiger partial charge in [-0.1, -0.05) is 54.2 Å². The highest BCUT2D eigenvalue weighted by Crippen LogP contribution is 2.34. The Hall–Kier alpha value is -3.23. The SMILES string of the molecule is O=C(CN1C(=O)S/C(=C\c2ccc(Sc3ccccc3)o2)C1=O)N1CCc2ccccc2C1. The van der Waals surface area contributed by atoms with Crippen molar-refractivity contribution < 1.29 is 18.8 Å². The van der Waals surface area contributed by atoms with E-state index in [2.05, 4.69) is 6.07 Å². The van der Waals surface area contributed by atoms with Gasteiger partial charge in [-0.2, -0.15) is 0 Å². The molecule has 0 radical (unpaired) electrons. The summed E-state index contributed by atoms with van der Waals surface area (Å²) < 4.78 is 5.79. The summed E-state index contributed by atoms with van der Waals surface area (Å²) >= 11 is 2.30. The number of rotatable bonds is 5. The van der Waals surface area contributed by atoms with Gasteiger partial charge in [-0.3, -0.25) is 19.3 Å². The summed E-state index contributed by atoms with van der Waals surface area (Å²) in [5.74, 6) is -0.213. The standard InChI is InChI=1S/C25H20N2O4S2/c28-22(26-13-12-17-6-4-5-7-18(17)15-26)16-27-24(29)21(33-25(27)30)14-19-10-11-23(31-19)32-20-8-2-1-3-9-20/h1-11,14H,12-13,15-16H2/b21-14-. The minimum Gasteiger partial charge on any atom is -0.450 e. The number of imide groups is 1. The van der Waals surface area contributed by atoms with Crippen molar-refractivity contribution in [2.45, 2.75) is 23.0 Å². The van der Waals surface area contributed by atoms with E-state index >= 15 is 0 Å². The summed E-state index contributed by atoms with van der Waals surface area (Å²) in [6.45, 7) is 0.822. The summed E-state index contributed by atoms with van der Waals surface area (Å²) in [7, 11) is 0. The second kappa shape index (κ2) is 9.33. The van der Waals surface area contributed by atoms with Crippen molar-refractivity contribution in [3.8, 4) is 0 Å². The number of hydrogen-bond acceptors (Lipinski definition) is 6. The molecule has 0 unspecified atom stereocenters. The zero-order valence-electron chi connectivity index (χ0n) is 17.6. The molecule has 1 fully saturated rings. The molecule has 8 heteroatoms. The Morgan fingerprint density at radius 3 is 2.58 bits per heavy atom. The van der Waals surface area contributed by atoms with Crippen LogP contribution >= 0.6 is 23.5 Å². The molecule has 2 aromatic carbocycles. The summed E-state index contributed by atoms with van der Waals surface area (Å²) in [5.41, 5.74) is 2.34. The van der Waals surface area contributed by atoms with E-state index in [1.54, 1.807) is 17.0 Å². The summed E-state index contributed by atoms with van der Waals surface area (Å²) in [6, 6.07) is 21.4. The van der Waals surface area contributed by atoms with Gasteiger partial charge in [0.05, 0.1) is 4.91 Å². The molecule has 1 saturated heterocycles. The lowest BCUT2D eigenvalue weighted by molar-refractivity contribution is -0.136. The maximum absolute atomic E-state index is 12.8. The van der Waals surface area contributed by atoms with Crippen LogP contribution in [0, 0.1) is 0 Å². The lowest BCUT2D eigenvalue weighted by atomic mass is 10.00. The van der Waals surface area contributed by atoms with Crippen molar-refractivity contribution in [3.63, 3.8) is 0 Å². The van der Waals surface area contributed by atoms with Gasteiger partial charge in [0.25, 0.3) is 11.1 Å². The predicted molar refractivity (Wildman–Crippen MR) is 128 cm³/mol. The molecule has 6 nitrogen and oxygen atoms in total. The number of nitrogens with zero attached hydrogens (tertiary/aromatic N) is 2. The van der Waals surface area contributed by atoms with Crippen LogP contribution in [0.5, 0.6) is 0 Å². The van der Waals surface area contributed by atoms with Crippen LogP contribution in [-0.2, 0) is 22.6 Å². The molecule has 1 aromatic heterocycles. The monoisotopic (exact) mass is 476 g/mol. The van der Waals surface area contributed by atoms with Crippen molar-refractivity contribution in [1.29, 1.82) is 0 Å². The number of carbonyl (C=O) groups excluding carboxylic acids is 3. The molecule has 2 aliphatic heterocycles. The number of carbonyl (C=O) groups is 3. The van der Waals surface area contributed by atoms with E-state index in [4.69, 9.17) is 4.42 Å². The smallest absolute Gasteiger partial charge is 0.294 e. The predicted octanol–water partition coefficient (Wildman–Crippen LogP) is 5.05. The van der Waals surface area contributed by atoms with Gasteiger partial charge >= 0.3 is 0 Å². The molecular weight excluding hydrogens is 456 g/mol. The van der Waals surface area contributed by atoms with Gasteiger partial charge in [-0.25, -0.2) is 0 Å². The van der Waals surface area contributed by atoms with Gasteiger partial charge in [0.2, 0.25) is 5.91 Å². The quantitative estimate of drug-likeness (QED) is 0.480. The number of hydrogen-bond donors (Lipinski definition) is 0. The molecule has 3 aromatic rings. The van der Waals surface area contributed by atoms with Crippen molar-refractivity contribution in [2.24, 2.45) is 0 Å². The van der Waals surface area contributed by atoms with Gasteiger partial charge in [-0.15, -0.1) is 0 Å². The number of furan rings is 1. The Morgan fingerprint density at radius 2 is 1.76 bits per heavy atom. The molecule has 2 aliphatic rings. The van der Waals surface area contributed by atoms with Crippen LogP contribution in [0.3, 0.4) is 0 Å². The van der Waals surface area contributed by atoms with Crippen molar-refractivity contribution >= 4 is 46.7 Å². The average Bonchev–Trinajstić information content (AvgIpc) is 3.38. The van der Waals surface area contributed by atoms with Gasteiger partial charge in [0, 0.05) is 24.1 Å². The summed E-state index contributed by atoms with van der Waals surface area (Å²) in [4.78, 5) is 42.1. The zero-order valence-corrected chi connectivity index (χ0v) is 19.2. The molecule has 3 heterocycles. The Kier molecular flexibility index (Phi) is 6.11. The number of fused-ring (bicyclic) bond motifs is 1. The average molecular weight is 477 g/mol. The van der Waals surface area contributed by atoms with Gasteiger partial charge in [-0.05, 0) is 53.6 Å². The van der Waals surface area contributed by atoms with Crippen molar-refractivity contribution in [3.05, 3.63) is 88.5 Å². The highest BCUT2D eigenvalue weighted by molar-refractivity contribution is 8.18. The van der Waals surface area contributed by atoms with Crippen LogP contribution in [-0.4, -0.2) is 39.9 Å². The fraction of sp³-hybridized carbons (Fsp3) is 0.160. The Bertz CT molecular complexity index is 1250. The topological polar surface area (TPSA) is 70.8 Å². The molecule has 0 spiro atoms. The van der Waals surface area contributed by atoms with Crippen LogP contribution in [0.2, 0.25) is 0 Å².